The van der Waals surface area contributed by atoms with Crippen molar-refractivity contribution < 1.29 is 27.3 Å². The minimum atomic E-state index is -5.09. The summed E-state index contributed by atoms with van der Waals surface area (Å²) in [7, 11) is 0. The molecule has 2 atom stereocenters. The summed E-state index contributed by atoms with van der Waals surface area (Å²) in [5, 5.41) is 21.5. The van der Waals surface area contributed by atoms with Crippen LogP contribution in [0.4, 0.5) is 13.2 Å². The van der Waals surface area contributed by atoms with E-state index in [0.717, 1.165) is 12.1 Å². The fourth-order valence-corrected chi connectivity index (χ4v) is 4.50. The van der Waals surface area contributed by atoms with E-state index in [0.29, 0.717) is 23.5 Å². The number of benzene rings is 2. The molecule has 1 heterocycles. The lowest BCUT2D eigenvalue weighted by Crippen LogP contribution is -2.44. The summed E-state index contributed by atoms with van der Waals surface area (Å²) in [6.07, 6.45) is -6.15. The molecular formula is C21H19Cl2F3N2O3S. The van der Waals surface area contributed by atoms with E-state index < -0.39 is 29.5 Å². The Morgan fingerprint density at radius 1 is 1.25 bits per heavy atom. The summed E-state index contributed by atoms with van der Waals surface area (Å²) >= 11 is 12.9. The van der Waals surface area contributed by atoms with Crippen LogP contribution >= 0.6 is 35.2 Å². The zero-order valence-corrected chi connectivity index (χ0v) is 19.1. The number of rotatable bonds is 6. The van der Waals surface area contributed by atoms with Crippen LogP contribution in [0.2, 0.25) is 10.0 Å². The number of alkyl halides is 3. The highest BCUT2D eigenvalue weighted by molar-refractivity contribution is 7.94. The molecule has 2 aromatic rings. The lowest BCUT2D eigenvalue weighted by Gasteiger charge is -2.31. The number of halogens is 5. The van der Waals surface area contributed by atoms with Gasteiger partial charge in [0.2, 0.25) is 0 Å². The number of carbonyl (C=O) groups excluding carboxylic acids is 1. The van der Waals surface area contributed by atoms with Gasteiger partial charge in [0.05, 0.1) is 12.6 Å². The van der Waals surface area contributed by atoms with E-state index >= 15 is 0 Å². The zero-order chi connectivity index (χ0) is 23.7. The highest BCUT2D eigenvalue weighted by Gasteiger charge is 2.55. The van der Waals surface area contributed by atoms with Gasteiger partial charge in [-0.3, -0.25) is 4.79 Å². The molecule has 0 spiro atoms. The number of hydrogen-bond acceptors (Lipinski definition) is 5. The topological polar surface area (TPSA) is 82.4 Å². The van der Waals surface area contributed by atoms with Gasteiger partial charge in [0.1, 0.15) is 0 Å². The minimum Gasteiger partial charge on any atom is -0.376 e. The molecule has 0 radical (unpaired) electrons. The molecule has 1 saturated heterocycles. The van der Waals surface area contributed by atoms with Crippen LogP contribution in [0.1, 0.15) is 33.5 Å². The smallest absolute Gasteiger partial charge is 0.376 e. The van der Waals surface area contributed by atoms with Crippen molar-refractivity contribution in [3.8, 4) is 0 Å². The molecule has 0 aliphatic carbocycles. The molecule has 2 aromatic carbocycles. The van der Waals surface area contributed by atoms with E-state index in [9.17, 15) is 23.1 Å². The maximum absolute atomic E-state index is 13.9. The van der Waals surface area contributed by atoms with Gasteiger partial charge in [0, 0.05) is 33.5 Å². The Balaban J connectivity index is 1.85. The van der Waals surface area contributed by atoms with Crippen LogP contribution in [0, 0.1) is 12.3 Å². The van der Waals surface area contributed by atoms with Crippen LogP contribution in [0.15, 0.2) is 36.4 Å². The molecule has 172 valence electrons. The lowest BCUT2D eigenvalue weighted by atomic mass is 9.85. The second kappa shape index (κ2) is 9.61. The number of aliphatic hydroxyl groups is 1. The van der Waals surface area contributed by atoms with E-state index in [1.807, 2.05) is 0 Å². The SMILES string of the molecule is Cc1cc(C(=N)CC(O)(c2cc(Cl)cc(Cl)c2)C(F)(F)F)ccc1C(=O)NC1COSC1. The quantitative estimate of drug-likeness (QED) is 0.367. The van der Waals surface area contributed by atoms with Gasteiger partial charge in [-0.15, -0.1) is 0 Å². The Hall–Kier alpha value is -1.78. The fourth-order valence-electron chi connectivity index (χ4n) is 3.28. The molecule has 0 saturated carbocycles. The maximum atomic E-state index is 13.9. The van der Waals surface area contributed by atoms with Gasteiger partial charge in [-0.25, -0.2) is 0 Å². The molecule has 1 fully saturated rings. The molecule has 32 heavy (non-hydrogen) atoms. The zero-order valence-electron chi connectivity index (χ0n) is 16.7. The summed E-state index contributed by atoms with van der Waals surface area (Å²) < 4.78 is 46.8. The van der Waals surface area contributed by atoms with Crippen molar-refractivity contribution in [2.75, 3.05) is 12.4 Å². The van der Waals surface area contributed by atoms with E-state index in [4.69, 9.17) is 32.8 Å². The molecule has 1 aliphatic heterocycles. The van der Waals surface area contributed by atoms with Gasteiger partial charge in [0.15, 0.2) is 5.60 Å². The molecule has 11 heteroatoms. The predicted molar refractivity (Wildman–Crippen MR) is 119 cm³/mol. The average Bonchev–Trinajstić information content (AvgIpc) is 3.19. The van der Waals surface area contributed by atoms with E-state index in [1.165, 1.54) is 36.3 Å². The molecule has 3 rings (SSSR count). The largest absolute Gasteiger partial charge is 0.421 e. The normalized spacial score (nSPS) is 18.3. The van der Waals surface area contributed by atoms with Crippen molar-refractivity contribution in [3.05, 3.63) is 68.7 Å². The first kappa shape index (κ1) is 24.9. The standard InChI is InChI=1S/C21H19Cl2F3N2O3S/c1-11-4-12(2-3-17(11)19(29)28-16-9-31-32-10-16)18(27)8-20(30,21(24,25)26)13-5-14(22)7-15(23)6-13/h2-7,16,27,30H,8-10H2,1H3,(H,28,29). The summed E-state index contributed by atoms with van der Waals surface area (Å²) in [6, 6.07) is 7.33. The Morgan fingerprint density at radius 2 is 1.91 bits per heavy atom. The molecule has 3 N–H and O–H groups in total. The Morgan fingerprint density at radius 3 is 2.44 bits per heavy atom. The molecule has 1 amide bonds. The van der Waals surface area contributed by atoms with Crippen molar-refractivity contribution in [1.82, 2.24) is 5.32 Å². The third-order valence-corrected chi connectivity index (χ3v) is 6.30. The average molecular weight is 507 g/mol. The third-order valence-electron chi connectivity index (χ3n) is 5.02. The van der Waals surface area contributed by atoms with Gasteiger partial charge < -0.3 is 20.0 Å². The van der Waals surface area contributed by atoms with Gasteiger partial charge in [-0.05, 0) is 66.0 Å². The number of aryl methyl sites for hydroxylation is 1. The number of carbonyl (C=O) groups is 1. The molecule has 0 bridgehead atoms. The van der Waals surface area contributed by atoms with Gasteiger partial charge >= 0.3 is 6.18 Å². The summed E-state index contributed by atoms with van der Waals surface area (Å²) in [5.74, 6) is 0.286. The monoisotopic (exact) mass is 506 g/mol. The fraction of sp³-hybridized carbons (Fsp3) is 0.333. The molecule has 0 aromatic heterocycles. The van der Waals surface area contributed by atoms with E-state index in [-0.39, 0.29) is 27.6 Å². The van der Waals surface area contributed by atoms with Crippen LogP contribution in [-0.4, -0.2) is 41.3 Å². The Kier molecular flexibility index (Phi) is 7.46. The lowest BCUT2D eigenvalue weighted by molar-refractivity contribution is -0.263. The van der Waals surface area contributed by atoms with Crippen molar-refractivity contribution in [1.29, 1.82) is 5.41 Å². The van der Waals surface area contributed by atoms with Gasteiger partial charge in [-0.2, -0.15) is 13.2 Å². The highest BCUT2D eigenvalue weighted by Crippen LogP contribution is 2.43. The first-order valence-corrected chi connectivity index (χ1v) is 11.1. The molecule has 5 nitrogen and oxygen atoms in total. The second-order valence-electron chi connectivity index (χ2n) is 7.44. The van der Waals surface area contributed by atoms with E-state index in [2.05, 4.69) is 5.32 Å². The Bertz CT molecular complexity index is 1030. The molecule has 1 aliphatic rings. The van der Waals surface area contributed by atoms with Crippen LogP contribution < -0.4 is 5.32 Å². The van der Waals surface area contributed by atoms with Crippen molar-refractivity contribution in [3.63, 3.8) is 0 Å². The van der Waals surface area contributed by atoms with Gasteiger partial charge in [-0.1, -0.05) is 29.3 Å². The summed E-state index contributed by atoms with van der Waals surface area (Å²) in [4.78, 5) is 12.5. The first-order chi connectivity index (χ1) is 14.9. The summed E-state index contributed by atoms with van der Waals surface area (Å²) in [5.41, 5.74) is -3.42. The van der Waals surface area contributed by atoms with Crippen molar-refractivity contribution in [2.24, 2.45) is 0 Å². The van der Waals surface area contributed by atoms with E-state index in [1.54, 1.807) is 6.92 Å². The highest BCUT2D eigenvalue weighted by atomic mass is 35.5. The van der Waals surface area contributed by atoms with Crippen LogP contribution in [0.3, 0.4) is 0 Å². The first-order valence-electron chi connectivity index (χ1n) is 9.40. The van der Waals surface area contributed by atoms with Crippen LogP contribution in [0.5, 0.6) is 0 Å². The number of amides is 1. The van der Waals surface area contributed by atoms with Crippen LogP contribution in [-0.2, 0) is 9.78 Å². The Labute approximate surface area is 197 Å². The molecule has 2 unspecified atom stereocenters. The maximum Gasteiger partial charge on any atom is 0.421 e. The third kappa shape index (κ3) is 5.40. The second-order valence-corrected chi connectivity index (χ2v) is 9.12. The minimum absolute atomic E-state index is 0.0704. The van der Waals surface area contributed by atoms with Crippen molar-refractivity contribution in [2.45, 2.75) is 31.2 Å². The van der Waals surface area contributed by atoms with Crippen LogP contribution in [0.25, 0.3) is 0 Å². The van der Waals surface area contributed by atoms with Crippen molar-refractivity contribution >= 4 is 46.9 Å². The molecular weight excluding hydrogens is 488 g/mol. The van der Waals surface area contributed by atoms with Gasteiger partial charge in [0.25, 0.3) is 5.91 Å². The number of nitrogens with one attached hydrogen (secondary N) is 2. The number of hydrogen-bond donors (Lipinski definition) is 3. The summed E-state index contributed by atoms with van der Waals surface area (Å²) in [6.45, 7) is 2.01. The predicted octanol–water partition coefficient (Wildman–Crippen LogP) is 5.29.